The highest BCUT2D eigenvalue weighted by molar-refractivity contribution is 4.64. The fourth-order valence-electron chi connectivity index (χ4n) is 1.03. The Morgan fingerprint density at radius 2 is 2.00 bits per heavy atom. The Hall–Kier alpha value is -0.0800. The van der Waals surface area contributed by atoms with E-state index >= 15 is 0 Å². The van der Waals surface area contributed by atoms with Gasteiger partial charge in [-0.3, -0.25) is 0 Å². The normalized spacial score (nSPS) is 23.6. The molecule has 0 atom stereocenters. The van der Waals surface area contributed by atoms with Crippen molar-refractivity contribution in [2.24, 2.45) is 0 Å². The fourth-order valence-corrected chi connectivity index (χ4v) is 1.03. The van der Waals surface area contributed by atoms with Gasteiger partial charge in [-0.15, -0.1) is 7.05 Å². The molecular formula is C6H13N2. The highest BCUT2D eigenvalue weighted by Crippen LogP contribution is 1.95. The monoisotopic (exact) mass is 113 g/mol. The van der Waals surface area contributed by atoms with Gasteiger partial charge >= 0.3 is 0 Å². The predicted molar refractivity (Wildman–Crippen MR) is 32.2 cm³/mol. The summed E-state index contributed by atoms with van der Waals surface area (Å²) in [5, 5.41) is 6.30. The van der Waals surface area contributed by atoms with Crippen LogP contribution in [0.4, 0.5) is 0 Å². The number of piperidine rings is 1. The summed E-state index contributed by atoms with van der Waals surface area (Å²) in [5.74, 6) is 0. The molecule has 1 heterocycles. The molecule has 2 N–H and O–H groups in total. The molecule has 2 heteroatoms. The molecule has 0 bridgehead atoms. The Morgan fingerprint density at radius 3 is 2.38 bits per heavy atom. The van der Waals surface area contributed by atoms with E-state index in [0.29, 0.717) is 6.04 Å². The van der Waals surface area contributed by atoms with Gasteiger partial charge in [-0.25, -0.2) is 0 Å². The molecule has 8 heavy (non-hydrogen) atoms. The lowest BCUT2D eigenvalue weighted by atomic mass is 10.1. The van der Waals surface area contributed by atoms with E-state index in [2.05, 4.69) is 17.7 Å². The Bertz CT molecular complexity index is 57.5. The molecule has 1 fully saturated rings. The number of rotatable bonds is 1. The molecule has 1 aliphatic rings. The second-order valence-electron chi connectivity index (χ2n) is 2.23. The minimum absolute atomic E-state index is 0.663. The van der Waals surface area contributed by atoms with E-state index in [0.717, 1.165) is 13.1 Å². The fraction of sp³-hybridized carbons (Fsp3) is 0.833. The van der Waals surface area contributed by atoms with Crippen molar-refractivity contribution < 1.29 is 5.32 Å². The second kappa shape index (κ2) is 3.05. The van der Waals surface area contributed by atoms with E-state index in [1.54, 1.807) is 0 Å². The minimum atomic E-state index is 0.663. The van der Waals surface area contributed by atoms with Crippen molar-refractivity contribution in [1.29, 1.82) is 0 Å². The first-order chi connectivity index (χ1) is 3.93. The molecule has 1 aliphatic heterocycles. The van der Waals surface area contributed by atoms with E-state index < -0.39 is 0 Å². The Labute approximate surface area is 50.7 Å². The van der Waals surface area contributed by atoms with Crippen molar-refractivity contribution >= 4 is 0 Å². The summed E-state index contributed by atoms with van der Waals surface area (Å²) in [6.45, 7) is 2.29. The molecule has 1 radical (unpaired) electrons. The Kier molecular flexibility index (Phi) is 2.30. The highest BCUT2D eigenvalue weighted by atomic mass is 14.9. The largest absolute Gasteiger partial charge is 0.332 e. The first-order valence-corrected chi connectivity index (χ1v) is 3.17. The number of hydrogen-bond donors (Lipinski definition) is 2. The molecule has 2 nitrogen and oxygen atoms in total. The van der Waals surface area contributed by atoms with Gasteiger partial charge in [-0.2, -0.15) is 0 Å². The molecule has 0 amide bonds. The van der Waals surface area contributed by atoms with Gasteiger partial charge in [0, 0.05) is 25.9 Å². The predicted octanol–water partition coefficient (Wildman–Crippen LogP) is -1.12. The smallest absolute Gasteiger partial charge is 0.105 e. The molecule has 0 aromatic rings. The molecular weight excluding hydrogens is 100 g/mol. The summed E-state index contributed by atoms with van der Waals surface area (Å²) < 4.78 is 0. The van der Waals surface area contributed by atoms with Gasteiger partial charge in [0.1, 0.15) is 6.04 Å². The maximum Gasteiger partial charge on any atom is 0.105 e. The first kappa shape index (κ1) is 6.05. The second-order valence-corrected chi connectivity index (χ2v) is 2.23. The van der Waals surface area contributed by atoms with Gasteiger partial charge in [0.15, 0.2) is 0 Å². The molecule has 0 unspecified atom stereocenters. The van der Waals surface area contributed by atoms with E-state index in [1.165, 1.54) is 12.8 Å². The molecule has 0 aromatic heterocycles. The molecule has 0 aliphatic carbocycles. The van der Waals surface area contributed by atoms with Crippen molar-refractivity contribution in [3.05, 3.63) is 7.05 Å². The van der Waals surface area contributed by atoms with Crippen LogP contribution in [0.5, 0.6) is 0 Å². The van der Waals surface area contributed by atoms with Crippen LogP contribution in [0, 0.1) is 7.05 Å². The van der Waals surface area contributed by atoms with Crippen LogP contribution >= 0.6 is 0 Å². The summed E-state index contributed by atoms with van der Waals surface area (Å²) in [4.78, 5) is 0. The minimum Gasteiger partial charge on any atom is -0.332 e. The van der Waals surface area contributed by atoms with Crippen molar-refractivity contribution in [3.63, 3.8) is 0 Å². The molecule has 47 valence electrons. The van der Waals surface area contributed by atoms with E-state index in [4.69, 9.17) is 0 Å². The van der Waals surface area contributed by atoms with Gasteiger partial charge in [-0.05, 0) is 0 Å². The standard InChI is InChI=1S/C6H13N2/c1-7-6-2-4-8-5-3-6/h6-8H,1-5H2. The zero-order valence-corrected chi connectivity index (χ0v) is 5.11. The van der Waals surface area contributed by atoms with Crippen LogP contribution < -0.4 is 10.6 Å². The molecule has 0 spiro atoms. The lowest BCUT2D eigenvalue weighted by Gasteiger charge is -2.18. The SMILES string of the molecule is [CH2-][NH+]C1CCNCC1. The quantitative estimate of drug-likeness (QED) is 0.414. The number of nitrogens with one attached hydrogen (secondary N) is 2. The van der Waals surface area contributed by atoms with E-state index in [1.807, 2.05) is 0 Å². The summed E-state index contributed by atoms with van der Waals surface area (Å²) in [5.41, 5.74) is 0. The van der Waals surface area contributed by atoms with Gasteiger partial charge < -0.3 is 10.6 Å². The maximum atomic E-state index is 3.63. The van der Waals surface area contributed by atoms with Crippen LogP contribution in [0.1, 0.15) is 12.8 Å². The van der Waals surface area contributed by atoms with E-state index in [-0.39, 0.29) is 0 Å². The van der Waals surface area contributed by atoms with Gasteiger partial charge in [0.2, 0.25) is 0 Å². The van der Waals surface area contributed by atoms with Crippen molar-refractivity contribution in [2.45, 2.75) is 18.9 Å². The average Bonchev–Trinajstić information content (AvgIpc) is 1.90. The molecule has 1 saturated heterocycles. The first-order valence-electron chi connectivity index (χ1n) is 3.17. The topological polar surface area (TPSA) is 27.6 Å². The lowest BCUT2D eigenvalue weighted by Crippen LogP contribution is -2.84. The zero-order chi connectivity index (χ0) is 5.82. The van der Waals surface area contributed by atoms with Gasteiger partial charge in [0.05, 0.1) is 0 Å². The van der Waals surface area contributed by atoms with Crippen LogP contribution in [0.15, 0.2) is 0 Å². The third kappa shape index (κ3) is 1.46. The lowest BCUT2D eigenvalue weighted by molar-refractivity contribution is -0.636. The van der Waals surface area contributed by atoms with Crippen molar-refractivity contribution in [2.75, 3.05) is 13.1 Å². The van der Waals surface area contributed by atoms with Crippen molar-refractivity contribution in [1.82, 2.24) is 5.32 Å². The van der Waals surface area contributed by atoms with Gasteiger partial charge in [-0.1, -0.05) is 0 Å². The summed E-state index contributed by atoms with van der Waals surface area (Å²) >= 11 is 0. The summed E-state index contributed by atoms with van der Waals surface area (Å²) in [7, 11) is 3.63. The number of hydrogen-bond acceptors (Lipinski definition) is 2. The van der Waals surface area contributed by atoms with Crippen LogP contribution in [-0.2, 0) is 0 Å². The molecule has 1 rings (SSSR count). The van der Waals surface area contributed by atoms with Gasteiger partial charge in [0.25, 0.3) is 0 Å². The third-order valence-corrected chi connectivity index (χ3v) is 1.63. The van der Waals surface area contributed by atoms with Crippen LogP contribution in [0.3, 0.4) is 0 Å². The highest BCUT2D eigenvalue weighted by Gasteiger charge is 2.12. The summed E-state index contributed by atoms with van der Waals surface area (Å²) in [6, 6.07) is 0.663. The van der Waals surface area contributed by atoms with Crippen LogP contribution in [0.2, 0.25) is 0 Å². The molecule has 0 saturated carbocycles. The van der Waals surface area contributed by atoms with Crippen molar-refractivity contribution in [3.8, 4) is 0 Å². The Morgan fingerprint density at radius 1 is 1.38 bits per heavy atom. The zero-order valence-electron chi connectivity index (χ0n) is 5.11. The average molecular weight is 113 g/mol. The third-order valence-electron chi connectivity index (χ3n) is 1.63. The summed E-state index contributed by atoms with van der Waals surface area (Å²) in [6.07, 6.45) is 2.45. The van der Waals surface area contributed by atoms with Crippen LogP contribution in [-0.4, -0.2) is 19.1 Å². The molecule has 0 aromatic carbocycles. The Balaban J connectivity index is 2.13. The maximum absolute atomic E-state index is 3.63. The van der Waals surface area contributed by atoms with Crippen LogP contribution in [0.25, 0.3) is 0 Å². The van der Waals surface area contributed by atoms with E-state index in [9.17, 15) is 0 Å².